The van der Waals surface area contributed by atoms with Crippen LogP contribution in [0.2, 0.25) is 0 Å². The van der Waals surface area contributed by atoms with Crippen LogP contribution in [0.25, 0.3) is 0 Å². The van der Waals surface area contributed by atoms with Gasteiger partial charge in [-0.15, -0.1) is 12.4 Å². The molecule has 0 rings (SSSR count). The van der Waals surface area contributed by atoms with Crippen molar-refractivity contribution in [2.75, 3.05) is 25.9 Å². The van der Waals surface area contributed by atoms with Gasteiger partial charge in [0.15, 0.2) is 0 Å². The maximum Gasteiger partial charge on any atom is 0.261 e. The summed E-state index contributed by atoms with van der Waals surface area (Å²) in [5.74, 6) is 0. The SMILES string of the molecule is CCN(CC)CC.CS(=O)(=O)O.Cl. The Balaban J connectivity index is -0.000000150. The van der Waals surface area contributed by atoms with E-state index in [1.54, 1.807) is 0 Å². The third-order valence-corrected chi connectivity index (χ3v) is 1.34. The first-order chi connectivity index (χ1) is 5.35. The molecule has 0 aliphatic carbocycles. The van der Waals surface area contributed by atoms with Crippen LogP contribution >= 0.6 is 12.4 Å². The van der Waals surface area contributed by atoms with Crippen molar-refractivity contribution >= 4 is 22.5 Å². The molecular weight excluding hydrogens is 214 g/mol. The summed E-state index contributed by atoms with van der Waals surface area (Å²) >= 11 is 0. The summed E-state index contributed by atoms with van der Waals surface area (Å²) in [6, 6.07) is 0. The second-order valence-corrected chi connectivity index (χ2v) is 3.82. The van der Waals surface area contributed by atoms with Crippen molar-refractivity contribution in [2.24, 2.45) is 0 Å². The fraction of sp³-hybridized carbons (Fsp3) is 1.00. The van der Waals surface area contributed by atoms with Gasteiger partial charge in [0.25, 0.3) is 10.1 Å². The Kier molecular flexibility index (Phi) is 14.9. The molecule has 0 aliphatic rings. The average Bonchev–Trinajstić information content (AvgIpc) is 1.88. The van der Waals surface area contributed by atoms with Gasteiger partial charge in [0.2, 0.25) is 0 Å². The van der Waals surface area contributed by atoms with Crippen molar-refractivity contribution in [3.05, 3.63) is 0 Å². The van der Waals surface area contributed by atoms with Gasteiger partial charge in [0, 0.05) is 0 Å². The smallest absolute Gasteiger partial charge is 0.261 e. The molecule has 0 aromatic carbocycles. The standard InChI is InChI=1S/C6H15N.CH4O3S.ClH/c1-4-7(5-2)6-3;1-5(2,3)4;/h4-6H2,1-3H3;1H3,(H,2,3,4);1H. The van der Waals surface area contributed by atoms with Crippen molar-refractivity contribution in [3.63, 3.8) is 0 Å². The fourth-order valence-corrected chi connectivity index (χ4v) is 0.671. The summed E-state index contributed by atoms with van der Waals surface area (Å²) < 4.78 is 25.9. The molecule has 4 nitrogen and oxygen atoms in total. The zero-order valence-electron chi connectivity index (χ0n) is 8.65. The molecule has 84 valence electrons. The molecule has 0 spiro atoms. The van der Waals surface area contributed by atoms with Gasteiger partial charge in [-0.3, -0.25) is 4.55 Å². The van der Waals surface area contributed by atoms with Crippen molar-refractivity contribution in [2.45, 2.75) is 20.8 Å². The molecule has 0 heterocycles. The van der Waals surface area contributed by atoms with Crippen LogP contribution in [0.1, 0.15) is 20.8 Å². The van der Waals surface area contributed by atoms with Crippen LogP contribution in [-0.4, -0.2) is 43.8 Å². The Bertz CT molecular complexity index is 165. The van der Waals surface area contributed by atoms with Gasteiger partial charge in [0.05, 0.1) is 6.26 Å². The number of halogens is 1. The van der Waals surface area contributed by atoms with Crippen molar-refractivity contribution in [3.8, 4) is 0 Å². The monoisotopic (exact) mass is 233 g/mol. The summed E-state index contributed by atoms with van der Waals surface area (Å²) in [5.41, 5.74) is 0. The molecule has 0 aliphatic heterocycles. The predicted octanol–water partition coefficient (Wildman–Crippen LogP) is 1.27. The molecule has 0 aromatic rings. The Morgan fingerprint density at radius 2 is 1.23 bits per heavy atom. The lowest BCUT2D eigenvalue weighted by Gasteiger charge is -2.13. The van der Waals surface area contributed by atoms with E-state index < -0.39 is 10.1 Å². The minimum absolute atomic E-state index is 0. The van der Waals surface area contributed by atoms with E-state index in [4.69, 9.17) is 4.55 Å². The summed E-state index contributed by atoms with van der Waals surface area (Å²) in [7, 11) is -3.67. The molecule has 13 heavy (non-hydrogen) atoms. The first-order valence-electron chi connectivity index (χ1n) is 3.99. The topological polar surface area (TPSA) is 57.6 Å². The van der Waals surface area contributed by atoms with Crippen LogP contribution < -0.4 is 0 Å². The molecule has 6 heteroatoms. The lowest BCUT2D eigenvalue weighted by atomic mass is 10.5. The van der Waals surface area contributed by atoms with E-state index in [2.05, 4.69) is 25.7 Å². The molecule has 1 N–H and O–H groups in total. The van der Waals surface area contributed by atoms with Crippen LogP contribution in [-0.2, 0) is 10.1 Å². The maximum absolute atomic E-state index is 9.19. The first-order valence-corrected chi connectivity index (χ1v) is 5.84. The molecule has 0 fully saturated rings. The molecule has 0 amide bonds. The highest BCUT2D eigenvalue weighted by Crippen LogP contribution is 1.81. The Morgan fingerprint density at radius 3 is 1.23 bits per heavy atom. The van der Waals surface area contributed by atoms with Crippen LogP contribution in [0.4, 0.5) is 0 Å². The molecular formula is C7H20ClNO3S. The van der Waals surface area contributed by atoms with Gasteiger partial charge in [-0.2, -0.15) is 8.42 Å². The Hall–Kier alpha value is 0.160. The number of hydrogen-bond acceptors (Lipinski definition) is 3. The van der Waals surface area contributed by atoms with E-state index in [0.717, 1.165) is 0 Å². The van der Waals surface area contributed by atoms with Crippen LogP contribution in [0.15, 0.2) is 0 Å². The summed E-state index contributed by atoms with van der Waals surface area (Å²) in [6.07, 6.45) is 0.715. The van der Waals surface area contributed by atoms with Crippen molar-refractivity contribution in [1.82, 2.24) is 4.90 Å². The summed E-state index contributed by atoms with van der Waals surface area (Å²) in [6.45, 7) is 10.1. The third kappa shape index (κ3) is 33.1. The zero-order chi connectivity index (χ0) is 10.2. The van der Waals surface area contributed by atoms with Crippen molar-refractivity contribution < 1.29 is 13.0 Å². The molecule has 0 aromatic heterocycles. The predicted molar refractivity (Wildman–Crippen MR) is 58.2 cm³/mol. The minimum Gasteiger partial charge on any atom is -0.304 e. The molecule has 0 atom stereocenters. The number of nitrogens with zero attached hydrogens (tertiary/aromatic N) is 1. The zero-order valence-corrected chi connectivity index (χ0v) is 10.3. The van der Waals surface area contributed by atoms with E-state index in [-0.39, 0.29) is 12.4 Å². The lowest BCUT2D eigenvalue weighted by molar-refractivity contribution is 0.321. The third-order valence-electron chi connectivity index (χ3n) is 1.34. The fourth-order valence-electron chi connectivity index (χ4n) is 0.671. The lowest BCUT2D eigenvalue weighted by Crippen LogP contribution is -2.21. The number of hydrogen-bond donors (Lipinski definition) is 1. The average molecular weight is 234 g/mol. The highest BCUT2D eigenvalue weighted by molar-refractivity contribution is 7.85. The van der Waals surface area contributed by atoms with Gasteiger partial charge < -0.3 is 4.90 Å². The number of rotatable bonds is 3. The molecule has 0 saturated carbocycles. The van der Waals surface area contributed by atoms with E-state index in [9.17, 15) is 8.42 Å². The van der Waals surface area contributed by atoms with Gasteiger partial charge in [-0.25, -0.2) is 0 Å². The molecule has 0 radical (unpaired) electrons. The second-order valence-electron chi connectivity index (χ2n) is 2.35. The largest absolute Gasteiger partial charge is 0.304 e. The van der Waals surface area contributed by atoms with Crippen LogP contribution in [0.3, 0.4) is 0 Å². The summed E-state index contributed by atoms with van der Waals surface area (Å²) in [5, 5.41) is 0. The maximum atomic E-state index is 9.19. The Labute approximate surface area is 87.5 Å². The molecule has 0 saturated heterocycles. The Morgan fingerprint density at radius 1 is 1.08 bits per heavy atom. The highest BCUT2D eigenvalue weighted by atomic mass is 35.5. The highest BCUT2D eigenvalue weighted by Gasteiger charge is 1.89. The quantitative estimate of drug-likeness (QED) is 0.746. The van der Waals surface area contributed by atoms with E-state index in [1.807, 2.05) is 0 Å². The van der Waals surface area contributed by atoms with Gasteiger partial charge in [-0.1, -0.05) is 20.8 Å². The van der Waals surface area contributed by atoms with Crippen LogP contribution in [0, 0.1) is 0 Å². The molecule has 0 unspecified atom stereocenters. The molecule has 0 bridgehead atoms. The van der Waals surface area contributed by atoms with Gasteiger partial charge in [0.1, 0.15) is 0 Å². The second kappa shape index (κ2) is 10.2. The van der Waals surface area contributed by atoms with E-state index in [0.29, 0.717) is 6.26 Å². The normalized spacial score (nSPS) is 10.0. The van der Waals surface area contributed by atoms with Gasteiger partial charge >= 0.3 is 0 Å². The first kappa shape index (κ1) is 18.9. The van der Waals surface area contributed by atoms with Crippen LogP contribution in [0.5, 0.6) is 0 Å². The van der Waals surface area contributed by atoms with Crippen molar-refractivity contribution in [1.29, 1.82) is 0 Å². The van der Waals surface area contributed by atoms with Gasteiger partial charge in [-0.05, 0) is 19.6 Å². The van der Waals surface area contributed by atoms with E-state index in [1.165, 1.54) is 19.6 Å². The summed E-state index contributed by atoms with van der Waals surface area (Å²) in [4.78, 5) is 2.38. The van der Waals surface area contributed by atoms with E-state index >= 15 is 0 Å². The minimum atomic E-state index is -3.67.